The maximum Gasteiger partial charge on any atom is 0.303 e. The molecule has 6 nitrogen and oxygen atoms in total. The predicted molar refractivity (Wildman–Crippen MR) is 78.9 cm³/mol. The Morgan fingerprint density at radius 1 is 1.14 bits per heavy atom. The van der Waals surface area contributed by atoms with E-state index in [0.29, 0.717) is 19.4 Å². The first-order chi connectivity index (χ1) is 9.99. The summed E-state index contributed by atoms with van der Waals surface area (Å²) in [6, 6.07) is 5.95. The minimum atomic E-state index is -0.796. The van der Waals surface area contributed by atoms with Gasteiger partial charge in [-0.1, -0.05) is 18.6 Å². The van der Waals surface area contributed by atoms with E-state index in [0.717, 1.165) is 18.4 Å². The molecule has 1 aromatic rings. The second-order valence-corrected chi connectivity index (χ2v) is 4.97. The second kappa shape index (κ2) is 8.97. The number of nitrogens with two attached hydrogens (primary N) is 1. The van der Waals surface area contributed by atoms with Gasteiger partial charge in [-0.25, -0.2) is 0 Å². The van der Waals surface area contributed by atoms with Crippen LogP contribution in [0.15, 0.2) is 24.3 Å². The van der Waals surface area contributed by atoms with Crippen molar-refractivity contribution in [2.75, 3.05) is 6.54 Å². The smallest absolute Gasteiger partial charge is 0.303 e. The summed E-state index contributed by atoms with van der Waals surface area (Å²) in [5, 5.41) is 20.4. The fourth-order valence-electron chi connectivity index (χ4n) is 1.90. The quantitative estimate of drug-likeness (QED) is 0.508. The monoisotopic (exact) mass is 294 g/mol. The normalized spacial score (nSPS) is 11.9. The molecule has 0 aliphatic rings. The number of aromatic hydroxyl groups is 1. The number of carbonyl (C=O) groups excluding carboxylic acids is 1. The van der Waals surface area contributed by atoms with Crippen LogP contribution < -0.4 is 11.1 Å². The standard InChI is InChI=1S/C15H22N2O4/c16-13(10-11-5-7-12(18)8-6-11)15(21)17-9-3-1-2-4-14(19)20/h5-8,13,18H,1-4,9-10,16H2,(H,17,21)(H,19,20). The number of rotatable bonds is 9. The molecule has 1 unspecified atom stereocenters. The molecule has 116 valence electrons. The summed E-state index contributed by atoms with van der Waals surface area (Å²) in [6.07, 6.45) is 2.69. The van der Waals surface area contributed by atoms with Gasteiger partial charge in [0.2, 0.25) is 5.91 Å². The average molecular weight is 294 g/mol. The van der Waals surface area contributed by atoms with Crippen LogP contribution in [0.25, 0.3) is 0 Å². The maximum atomic E-state index is 11.8. The highest BCUT2D eigenvalue weighted by Gasteiger charge is 2.13. The van der Waals surface area contributed by atoms with Gasteiger partial charge < -0.3 is 21.3 Å². The lowest BCUT2D eigenvalue weighted by Crippen LogP contribution is -2.42. The molecule has 0 radical (unpaired) electrons. The Bertz CT molecular complexity index is 459. The van der Waals surface area contributed by atoms with Crippen LogP contribution >= 0.6 is 0 Å². The molecule has 0 saturated heterocycles. The molecule has 0 fully saturated rings. The molecule has 6 heteroatoms. The van der Waals surface area contributed by atoms with E-state index in [1.54, 1.807) is 24.3 Å². The Morgan fingerprint density at radius 2 is 1.81 bits per heavy atom. The van der Waals surface area contributed by atoms with Crippen LogP contribution in [0.2, 0.25) is 0 Å². The van der Waals surface area contributed by atoms with Gasteiger partial charge >= 0.3 is 5.97 Å². The zero-order chi connectivity index (χ0) is 15.7. The minimum Gasteiger partial charge on any atom is -0.508 e. The van der Waals surface area contributed by atoms with Crippen molar-refractivity contribution in [1.82, 2.24) is 5.32 Å². The lowest BCUT2D eigenvalue weighted by molar-refractivity contribution is -0.137. The number of carboxylic acids is 1. The van der Waals surface area contributed by atoms with Crippen LogP contribution in [0.1, 0.15) is 31.2 Å². The number of carbonyl (C=O) groups is 2. The van der Waals surface area contributed by atoms with E-state index in [-0.39, 0.29) is 18.1 Å². The topological polar surface area (TPSA) is 113 Å². The number of carboxylic acid groups (broad SMARTS) is 1. The SMILES string of the molecule is NC(Cc1ccc(O)cc1)C(=O)NCCCCCC(=O)O. The van der Waals surface area contributed by atoms with E-state index < -0.39 is 12.0 Å². The van der Waals surface area contributed by atoms with Gasteiger partial charge in [0.15, 0.2) is 0 Å². The van der Waals surface area contributed by atoms with Gasteiger partial charge in [0.25, 0.3) is 0 Å². The van der Waals surface area contributed by atoms with E-state index in [1.165, 1.54) is 0 Å². The molecular formula is C15H22N2O4. The highest BCUT2D eigenvalue weighted by Crippen LogP contribution is 2.10. The van der Waals surface area contributed by atoms with Crippen LogP contribution in [0.3, 0.4) is 0 Å². The van der Waals surface area contributed by atoms with Crippen LogP contribution in [-0.4, -0.2) is 34.7 Å². The second-order valence-electron chi connectivity index (χ2n) is 4.97. The summed E-state index contributed by atoms with van der Waals surface area (Å²) < 4.78 is 0. The van der Waals surface area contributed by atoms with Gasteiger partial charge in [-0.2, -0.15) is 0 Å². The molecule has 1 aromatic carbocycles. The number of phenolic OH excluding ortho intramolecular Hbond substituents is 1. The third-order valence-corrected chi connectivity index (χ3v) is 3.10. The van der Waals surface area contributed by atoms with Gasteiger partial charge in [0.05, 0.1) is 6.04 Å². The molecule has 0 saturated carbocycles. The van der Waals surface area contributed by atoms with E-state index in [4.69, 9.17) is 10.8 Å². The summed E-state index contributed by atoms with van der Waals surface area (Å²) in [5.74, 6) is -0.839. The highest BCUT2D eigenvalue weighted by molar-refractivity contribution is 5.81. The molecule has 0 heterocycles. The summed E-state index contributed by atoms with van der Waals surface area (Å²) in [7, 11) is 0. The van der Waals surface area contributed by atoms with Crippen molar-refractivity contribution in [2.45, 2.75) is 38.1 Å². The van der Waals surface area contributed by atoms with Crippen molar-refractivity contribution in [3.63, 3.8) is 0 Å². The number of aliphatic carboxylic acids is 1. The molecule has 0 aliphatic heterocycles. The average Bonchev–Trinajstić information content (AvgIpc) is 2.44. The zero-order valence-electron chi connectivity index (χ0n) is 11.9. The minimum absolute atomic E-state index is 0.161. The number of benzene rings is 1. The molecule has 0 bridgehead atoms. The number of hydrogen-bond acceptors (Lipinski definition) is 4. The third-order valence-electron chi connectivity index (χ3n) is 3.10. The first-order valence-corrected chi connectivity index (χ1v) is 7.02. The first kappa shape index (κ1) is 17.0. The molecular weight excluding hydrogens is 272 g/mol. The number of nitrogens with one attached hydrogen (secondary N) is 1. The van der Waals surface area contributed by atoms with Crippen LogP contribution in [-0.2, 0) is 16.0 Å². The molecule has 1 amide bonds. The fourth-order valence-corrected chi connectivity index (χ4v) is 1.90. The molecule has 0 spiro atoms. The van der Waals surface area contributed by atoms with E-state index in [2.05, 4.69) is 5.32 Å². The van der Waals surface area contributed by atoms with Crippen LogP contribution in [0.4, 0.5) is 0 Å². The largest absolute Gasteiger partial charge is 0.508 e. The van der Waals surface area contributed by atoms with Crippen molar-refractivity contribution in [2.24, 2.45) is 5.73 Å². The summed E-state index contributed by atoms with van der Waals surface area (Å²) in [6.45, 7) is 0.502. The molecule has 5 N–H and O–H groups in total. The van der Waals surface area contributed by atoms with Crippen molar-refractivity contribution in [3.05, 3.63) is 29.8 Å². The Hall–Kier alpha value is -2.08. The molecule has 21 heavy (non-hydrogen) atoms. The van der Waals surface area contributed by atoms with Gasteiger partial charge in [-0.05, 0) is 37.0 Å². The molecule has 0 aliphatic carbocycles. The summed E-state index contributed by atoms with van der Waals surface area (Å²) in [5.41, 5.74) is 6.70. The Kier molecular flexibility index (Phi) is 7.25. The Balaban J connectivity index is 2.19. The molecule has 0 aromatic heterocycles. The van der Waals surface area contributed by atoms with Crippen LogP contribution in [0, 0.1) is 0 Å². The maximum absolute atomic E-state index is 11.8. The van der Waals surface area contributed by atoms with E-state index >= 15 is 0 Å². The predicted octanol–water partition coefficient (Wildman–Crippen LogP) is 1.02. The summed E-state index contributed by atoms with van der Waals surface area (Å²) in [4.78, 5) is 22.1. The van der Waals surface area contributed by atoms with Gasteiger partial charge in [0.1, 0.15) is 5.75 Å². The number of phenols is 1. The van der Waals surface area contributed by atoms with E-state index in [9.17, 15) is 14.7 Å². The van der Waals surface area contributed by atoms with Crippen LogP contribution in [0.5, 0.6) is 5.75 Å². The number of amides is 1. The zero-order valence-corrected chi connectivity index (χ0v) is 11.9. The number of hydrogen-bond donors (Lipinski definition) is 4. The third kappa shape index (κ3) is 7.31. The fraction of sp³-hybridized carbons (Fsp3) is 0.467. The van der Waals surface area contributed by atoms with Crippen molar-refractivity contribution < 1.29 is 19.8 Å². The van der Waals surface area contributed by atoms with Crippen molar-refractivity contribution in [3.8, 4) is 5.75 Å². The molecule has 1 rings (SSSR count). The summed E-state index contributed by atoms with van der Waals surface area (Å²) >= 11 is 0. The Morgan fingerprint density at radius 3 is 2.43 bits per heavy atom. The van der Waals surface area contributed by atoms with Gasteiger partial charge in [-0.15, -0.1) is 0 Å². The van der Waals surface area contributed by atoms with Gasteiger partial charge in [-0.3, -0.25) is 9.59 Å². The first-order valence-electron chi connectivity index (χ1n) is 7.02. The van der Waals surface area contributed by atoms with E-state index in [1.807, 2.05) is 0 Å². The Labute approximate surface area is 124 Å². The van der Waals surface area contributed by atoms with Gasteiger partial charge in [0, 0.05) is 13.0 Å². The number of unbranched alkanes of at least 4 members (excludes halogenated alkanes) is 2. The lowest BCUT2D eigenvalue weighted by Gasteiger charge is -2.12. The van der Waals surface area contributed by atoms with Crippen molar-refractivity contribution in [1.29, 1.82) is 0 Å². The lowest BCUT2D eigenvalue weighted by atomic mass is 10.1. The van der Waals surface area contributed by atoms with Crippen molar-refractivity contribution >= 4 is 11.9 Å². The molecule has 1 atom stereocenters. The highest BCUT2D eigenvalue weighted by atomic mass is 16.4.